The topological polar surface area (TPSA) is 109 Å². The molecule has 1 N–H and O–H groups in total. The van der Waals surface area contributed by atoms with Gasteiger partial charge in [-0.3, -0.25) is 9.36 Å². The number of esters is 1. The average Bonchev–Trinajstić information content (AvgIpc) is 2.80. The van der Waals surface area contributed by atoms with Crippen LogP contribution in [0.15, 0.2) is 47.4 Å². The summed E-state index contributed by atoms with van der Waals surface area (Å²) in [5.41, 5.74) is 2.25. The van der Waals surface area contributed by atoms with E-state index < -0.39 is 11.7 Å². The van der Waals surface area contributed by atoms with Crippen LogP contribution in [0.25, 0.3) is 0 Å². The van der Waals surface area contributed by atoms with E-state index in [4.69, 9.17) is 14.3 Å². The van der Waals surface area contributed by atoms with Crippen molar-refractivity contribution in [1.29, 1.82) is 0 Å². The molecule has 9 nitrogen and oxygen atoms in total. The van der Waals surface area contributed by atoms with Crippen LogP contribution in [-0.2, 0) is 25.7 Å². The zero-order valence-electron chi connectivity index (χ0n) is 18.1. The van der Waals surface area contributed by atoms with E-state index in [1.54, 1.807) is 30.3 Å². The first kappa shape index (κ1) is 24.1. The number of ether oxygens (including phenoxy) is 2. The van der Waals surface area contributed by atoms with Gasteiger partial charge in [-0.25, -0.2) is 9.59 Å². The Morgan fingerprint density at radius 2 is 1.84 bits per heavy atom. The molecule has 2 rings (SSSR count). The summed E-state index contributed by atoms with van der Waals surface area (Å²) in [6.07, 6.45) is 3.13. The number of hydrogen-bond acceptors (Lipinski definition) is 8. The molecular weight excluding hydrogens is 402 g/mol. The lowest BCUT2D eigenvalue weighted by Gasteiger charge is -2.18. The van der Waals surface area contributed by atoms with Crippen molar-refractivity contribution in [1.82, 2.24) is 9.55 Å². The van der Waals surface area contributed by atoms with E-state index in [0.717, 1.165) is 12.8 Å². The van der Waals surface area contributed by atoms with Gasteiger partial charge in [0.25, 0.3) is 0 Å². The first-order valence-corrected chi connectivity index (χ1v) is 10.3. The molecule has 0 aliphatic rings. The summed E-state index contributed by atoms with van der Waals surface area (Å²) in [6, 6.07) is 9.98. The smallest absolute Gasteiger partial charge is 0.362 e. The molecule has 31 heavy (non-hydrogen) atoms. The first-order valence-electron chi connectivity index (χ1n) is 10.3. The lowest BCUT2D eigenvalue weighted by Crippen LogP contribution is -2.29. The molecule has 1 unspecified atom stereocenters. The molecule has 0 amide bonds. The summed E-state index contributed by atoms with van der Waals surface area (Å²) < 4.78 is 12.1. The Labute approximate surface area is 181 Å². The molecular formula is C22H29N3O6. The zero-order valence-corrected chi connectivity index (χ0v) is 18.1. The van der Waals surface area contributed by atoms with Gasteiger partial charge in [-0.2, -0.15) is 10.5 Å². The summed E-state index contributed by atoms with van der Waals surface area (Å²) in [4.78, 5) is 45.0. The minimum absolute atomic E-state index is 0.111. The van der Waals surface area contributed by atoms with Crippen molar-refractivity contribution in [2.45, 2.75) is 45.8 Å². The van der Waals surface area contributed by atoms with Crippen molar-refractivity contribution in [2.24, 2.45) is 5.92 Å². The Bertz CT molecular complexity index is 896. The maximum absolute atomic E-state index is 12.2. The Morgan fingerprint density at radius 1 is 1.13 bits per heavy atom. The molecule has 0 aliphatic carbocycles. The fourth-order valence-electron chi connectivity index (χ4n) is 2.85. The number of carbonyl (C=O) groups is 2. The van der Waals surface area contributed by atoms with Crippen molar-refractivity contribution in [2.75, 3.05) is 19.2 Å². The van der Waals surface area contributed by atoms with E-state index in [9.17, 15) is 14.4 Å². The second-order valence-electron chi connectivity index (χ2n) is 6.94. The highest BCUT2D eigenvalue weighted by atomic mass is 16.7. The van der Waals surface area contributed by atoms with Gasteiger partial charge in [0, 0.05) is 25.9 Å². The molecule has 9 heteroatoms. The van der Waals surface area contributed by atoms with Crippen molar-refractivity contribution in [3.63, 3.8) is 0 Å². The number of rotatable bonds is 12. The van der Waals surface area contributed by atoms with E-state index in [2.05, 4.69) is 10.5 Å². The van der Waals surface area contributed by atoms with Crippen molar-refractivity contribution in [3.8, 4) is 0 Å². The normalized spacial score (nSPS) is 11.7. The minimum Gasteiger partial charge on any atom is -0.463 e. The van der Waals surface area contributed by atoms with Crippen LogP contribution in [0.1, 0.15) is 43.5 Å². The zero-order chi connectivity index (χ0) is 22.6. The fourth-order valence-corrected chi connectivity index (χ4v) is 2.85. The van der Waals surface area contributed by atoms with Crippen molar-refractivity contribution in [3.05, 3.63) is 58.6 Å². The third-order valence-corrected chi connectivity index (χ3v) is 4.89. The minimum atomic E-state index is -0.586. The number of hydrogen-bond donors (Lipinski definition) is 1. The third kappa shape index (κ3) is 7.53. The molecule has 0 fully saturated rings. The highest BCUT2D eigenvalue weighted by Crippen LogP contribution is 2.11. The van der Waals surface area contributed by atoms with Crippen LogP contribution in [0, 0.1) is 5.92 Å². The highest BCUT2D eigenvalue weighted by Gasteiger charge is 2.18. The summed E-state index contributed by atoms with van der Waals surface area (Å²) in [5, 5.41) is 0. The number of nitrogens with one attached hydrogen (secondary N) is 1. The highest BCUT2D eigenvalue weighted by molar-refractivity contribution is 5.89. The van der Waals surface area contributed by atoms with Crippen LogP contribution in [0.5, 0.6) is 0 Å². The number of benzene rings is 1. The molecule has 1 aromatic heterocycles. The molecule has 0 saturated carbocycles. The molecule has 168 valence electrons. The maximum atomic E-state index is 12.2. The molecule has 0 bridgehead atoms. The van der Waals surface area contributed by atoms with Gasteiger partial charge in [0.2, 0.25) is 0 Å². The second kappa shape index (κ2) is 12.5. The second-order valence-corrected chi connectivity index (χ2v) is 6.94. The van der Waals surface area contributed by atoms with E-state index in [0.29, 0.717) is 18.5 Å². The molecule has 1 heterocycles. The lowest BCUT2D eigenvalue weighted by atomic mass is 10.0. The molecule has 0 spiro atoms. The van der Waals surface area contributed by atoms with Gasteiger partial charge < -0.3 is 14.3 Å². The van der Waals surface area contributed by atoms with Crippen LogP contribution in [-0.4, -0.2) is 41.3 Å². The predicted octanol–water partition coefficient (Wildman–Crippen LogP) is 2.81. The number of nitrogens with zero attached hydrogens (tertiary/aromatic N) is 2. The van der Waals surface area contributed by atoms with Crippen molar-refractivity contribution < 1.29 is 23.9 Å². The van der Waals surface area contributed by atoms with Gasteiger partial charge in [0.15, 0.2) is 5.82 Å². The summed E-state index contributed by atoms with van der Waals surface area (Å²) in [6.45, 7) is 4.35. The summed E-state index contributed by atoms with van der Waals surface area (Å²) in [7, 11) is 1.53. The van der Waals surface area contributed by atoms with Crippen LogP contribution in [0.2, 0.25) is 0 Å². The molecule has 0 radical (unpaired) electrons. The number of carbonyl (C=O) groups excluding carboxylic acids is 2. The van der Waals surface area contributed by atoms with E-state index in [-0.39, 0.29) is 30.4 Å². The van der Waals surface area contributed by atoms with Gasteiger partial charge in [0.1, 0.15) is 6.61 Å². The van der Waals surface area contributed by atoms with Gasteiger partial charge in [-0.05, 0) is 31.4 Å². The molecule has 2 aromatic rings. The van der Waals surface area contributed by atoms with Gasteiger partial charge in [0.05, 0.1) is 17.6 Å². The van der Waals surface area contributed by atoms with E-state index >= 15 is 0 Å². The van der Waals surface area contributed by atoms with E-state index in [1.807, 2.05) is 13.8 Å². The Hall–Kier alpha value is -3.20. The summed E-state index contributed by atoms with van der Waals surface area (Å²) >= 11 is 0. The lowest BCUT2D eigenvalue weighted by molar-refractivity contribution is -0.152. The molecule has 1 aromatic carbocycles. The number of aryl methyl sites for hydroxylation is 1. The third-order valence-electron chi connectivity index (χ3n) is 4.89. The van der Waals surface area contributed by atoms with Crippen LogP contribution in [0.4, 0.5) is 5.82 Å². The quantitative estimate of drug-likeness (QED) is 0.404. The Morgan fingerprint density at radius 3 is 2.45 bits per heavy atom. The van der Waals surface area contributed by atoms with Gasteiger partial charge >= 0.3 is 17.6 Å². The number of aromatic nitrogens is 2. The summed E-state index contributed by atoms with van der Waals surface area (Å²) in [5.74, 6) is -0.808. The fraction of sp³-hybridized carbons (Fsp3) is 0.455. The maximum Gasteiger partial charge on any atom is 0.362 e. The molecule has 0 saturated heterocycles. The largest absolute Gasteiger partial charge is 0.463 e. The number of methoxy groups -OCH3 is 1. The number of anilines is 1. The average molecular weight is 431 g/mol. The Kier molecular flexibility index (Phi) is 9.70. The Balaban J connectivity index is 1.84. The van der Waals surface area contributed by atoms with Crippen LogP contribution >= 0.6 is 0 Å². The van der Waals surface area contributed by atoms with Crippen LogP contribution in [0.3, 0.4) is 0 Å². The monoisotopic (exact) mass is 431 g/mol. The van der Waals surface area contributed by atoms with Gasteiger partial charge in [-0.1, -0.05) is 32.0 Å². The molecule has 1 atom stereocenters. The van der Waals surface area contributed by atoms with E-state index in [1.165, 1.54) is 23.9 Å². The SMILES string of the molecule is CCC(CC)C(=O)OCC(CCn1ccc(NOC(=O)c2ccccc2)nc1=O)OC. The first-order chi connectivity index (χ1) is 15.0. The standard InChI is InChI=1S/C22H29N3O6/c1-4-16(5-2)20(26)30-15-18(29-3)11-13-25-14-12-19(23-22(25)28)24-31-21(27)17-9-7-6-8-10-17/h6-10,12,14,16,18H,4-5,11,13,15H2,1-3H3,(H,23,24,28). The predicted molar refractivity (Wildman–Crippen MR) is 114 cm³/mol. The van der Waals surface area contributed by atoms with Crippen LogP contribution < -0.4 is 11.2 Å². The van der Waals surface area contributed by atoms with Crippen molar-refractivity contribution >= 4 is 17.8 Å². The van der Waals surface area contributed by atoms with Gasteiger partial charge in [-0.15, -0.1) is 0 Å². The molecule has 0 aliphatic heterocycles.